The molecule has 0 aliphatic carbocycles. The maximum atomic E-state index is 12.5. The van der Waals surface area contributed by atoms with Crippen LogP contribution in [0.15, 0.2) is 29.9 Å². The van der Waals surface area contributed by atoms with E-state index >= 15 is 0 Å². The van der Waals surface area contributed by atoms with Crippen molar-refractivity contribution in [2.24, 2.45) is 0 Å². The molecule has 0 unspecified atom stereocenters. The molecule has 0 bridgehead atoms. The van der Waals surface area contributed by atoms with Gasteiger partial charge in [-0.1, -0.05) is 11.6 Å². The van der Waals surface area contributed by atoms with Gasteiger partial charge in [0.15, 0.2) is 5.13 Å². The fourth-order valence-electron chi connectivity index (χ4n) is 3.23. The zero-order valence-electron chi connectivity index (χ0n) is 16.6. The van der Waals surface area contributed by atoms with Crippen molar-refractivity contribution in [3.63, 3.8) is 0 Å². The molecule has 0 radical (unpaired) electrons. The van der Waals surface area contributed by atoms with Crippen LogP contribution >= 0.6 is 22.9 Å². The summed E-state index contributed by atoms with van der Waals surface area (Å²) in [4.78, 5) is 25.5. The van der Waals surface area contributed by atoms with Crippen molar-refractivity contribution in [1.29, 1.82) is 0 Å². The van der Waals surface area contributed by atoms with E-state index in [0.717, 1.165) is 28.2 Å². The molecular weight excluding hydrogens is 424 g/mol. The molecule has 0 saturated heterocycles. The number of benzene rings is 1. The molecule has 4 rings (SSSR count). The highest BCUT2D eigenvalue weighted by atomic mass is 35.5. The number of ether oxygens (including phenoxy) is 1. The van der Waals surface area contributed by atoms with E-state index in [1.54, 1.807) is 23.8 Å². The Balaban J connectivity index is 1.42. The second-order valence-corrected chi connectivity index (χ2v) is 7.93. The number of anilines is 1. The third kappa shape index (κ3) is 3.99. The Labute approximate surface area is 181 Å². The third-order valence-electron chi connectivity index (χ3n) is 4.79. The Hall–Kier alpha value is -3.04. The molecule has 0 fully saturated rings. The molecule has 3 aromatic heterocycles. The summed E-state index contributed by atoms with van der Waals surface area (Å²) in [6.45, 7) is 3.87. The number of amides is 1. The molecule has 3 heterocycles. The topological polar surface area (TPSA) is 94.3 Å². The number of carbonyl (C=O) groups is 1. The van der Waals surface area contributed by atoms with E-state index in [-0.39, 0.29) is 5.91 Å². The highest BCUT2D eigenvalue weighted by Gasteiger charge is 2.14. The van der Waals surface area contributed by atoms with Crippen LogP contribution < -0.4 is 10.1 Å². The predicted molar refractivity (Wildman–Crippen MR) is 116 cm³/mol. The highest BCUT2D eigenvalue weighted by molar-refractivity contribution is 7.14. The number of methoxy groups -OCH3 is 1. The average molecular weight is 443 g/mol. The first-order chi connectivity index (χ1) is 14.5. The largest absolute Gasteiger partial charge is 0.495 e. The summed E-state index contributed by atoms with van der Waals surface area (Å²) in [6.07, 6.45) is 2.34. The number of nitrogens with one attached hydrogen (secondary N) is 1. The van der Waals surface area contributed by atoms with Crippen LogP contribution in [0.3, 0.4) is 0 Å². The van der Waals surface area contributed by atoms with Gasteiger partial charge in [-0.15, -0.1) is 11.3 Å². The van der Waals surface area contributed by atoms with Crippen LogP contribution in [0.2, 0.25) is 5.02 Å². The molecule has 0 aliphatic rings. The van der Waals surface area contributed by atoms with Crippen molar-refractivity contribution in [1.82, 2.24) is 24.6 Å². The van der Waals surface area contributed by atoms with E-state index in [0.29, 0.717) is 34.5 Å². The number of hydrogen-bond donors (Lipinski definition) is 1. The Morgan fingerprint density at radius 1 is 1.30 bits per heavy atom. The van der Waals surface area contributed by atoms with Gasteiger partial charge in [-0.2, -0.15) is 10.1 Å². The number of thiazole rings is 1. The molecule has 8 nitrogen and oxygen atoms in total. The standard InChI is InChI=1S/C20H19ClN6O2S/c1-11-14(12(2)27-19(24-11)22-10-23-27)5-7-18(28)26-20-25-16(9-30-20)13-4-6-17(29-3)15(21)8-13/h4,6,8-10H,5,7H2,1-3H3,(H,25,26,28). The Morgan fingerprint density at radius 3 is 2.90 bits per heavy atom. The molecule has 0 atom stereocenters. The fourth-order valence-corrected chi connectivity index (χ4v) is 4.22. The van der Waals surface area contributed by atoms with Crippen LogP contribution in [0.25, 0.3) is 17.0 Å². The second-order valence-electron chi connectivity index (χ2n) is 6.67. The lowest BCUT2D eigenvalue weighted by Crippen LogP contribution is -2.14. The number of rotatable bonds is 6. The van der Waals surface area contributed by atoms with Crippen molar-refractivity contribution in [3.05, 3.63) is 51.9 Å². The highest BCUT2D eigenvalue weighted by Crippen LogP contribution is 2.31. The maximum absolute atomic E-state index is 12.5. The lowest BCUT2D eigenvalue weighted by molar-refractivity contribution is -0.116. The van der Waals surface area contributed by atoms with E-state index in [1.807, 2.05) is 25.3 Å². The molecule has 154 valence electrons. The van der Waals surface area contributed by atoms with Crippen molar-refractivity contribution < 1.29 is 9.53 Å². The number of nitrogens with zero attached hydrogens (tertiary/aromatic N) is 5. The van der Waals surface area contributed by atoms with E-state index < -0.39 is 0 Å². The van der Waals surface area contributed by atoms with Gasteiger partial charge in [-0.25, -0.2) is 14.5 Å². The van der Waals surface area contributed by atoms with Gasteiger partial charge >= 0.3 is 0 Å². The quantitative estimate of drug-likeness (QED) is 0.483. The Kier molecular flexibility index (Phi) is 5.65. The molecule has 0 saturated carbocycles. The van der Waals surface area contributed by atoms with Gasteiger partial charge in [0, 0.05) is 28.8 Å². The lowest BCUT2D eigenvalue weighted by Gasteiger charge is -2.10. The number of aryl methyl sites for hydroxylation is 2. The first kappa shape index (κ1) is 20.2. The number of aromatic nitrogens is 5. The van der Waals surface area contributed by atoms with Crippen molar-refractivity contribution >= 4 is 39.8 Å². The van der Waals surface area contributed by atoms with Crippen molar-refractivity contribution in [2.45, 2.75) is 26.7 Å². The van der Waals surface area contributed by atoms with Crippen LogP contribution in [0.1, 0.15) is 23.4 Å². The second kappa shape index (κ2) is 8.37. The molecule has 30 heavy (non-hydrogen) atoms. The van der Waals surface area contributed by atoms with E-state index in [1.165, 1.54) is 17.7 Å². The van der Waals surface area contributed by atoms with Gasteiger partial charge < -0.3 is 10.1 Å². The molecule has 1 N–H and O–H groups in total. The van der Waals surface area contributed by atoms with Crippen LogP contribution in [0, 0.1) is 13.8 Å². The Bertz CT molecular complexity index is 1240. The van der Waals surface area contributed by atoms with Crippen LogP contribution in [0.4, 0.5) is 5.13 Å². The number of halogens is 1. The summed E-state index contributed by atoms with van der Waals surface area (Å²) in [5, 5.41) is 9.98. The number of carbonyl (C=O) groups excluding carboxylic acids is 1. The van der Waals surface area contributed by atoms with Gasteiger partial charge in [0.2, 0.25) is 5.91 Å². The molecule has 1 aromatic carbocycles. The molecule has 0 aliphatic heterocycles. The third-order valence-corrected chi connectivity index (χ3v) is 5.84. The summed E-state index contributed by atoms with van der Waals surface area (Å²) in [7, 11) is 1.57. The summed E-state index contributed by atoms with van der Waals surface area (Å²) in [6, 6.07) is 5.46. The van der Waals surface area contributed by atoms with E-state index in [2.05, 4.69) is 25.4 Å². The minimum absolute atomic E-state index is 0.110. The monoisotopic (exact) mass is 442 g/mol. The zero-order chi connectivity index (χ0) is 21.3. The smallest absolute Gasteiger partial charge is 0.252 e. The van der Waals surface area contributed by atoms with Gasteiger partial charge in [-0.05, 0) is 44.0 Å². The average Bonchev–Trinajstić information content (AvgIpc) is 3.37. The molecule has 1 amide bonds. The molecule has 0 spiro atoms. The van der Waals surface area contributed by atoms with Crippen molar-refractivity contribution in [2.75, 3.05) is 12.4 Å². The minimum Gasteiger partial charge on any atom is -0.495 e. The molecule has 10 heteroatoms. The van der Waals surface area contributed by atoms with Crippen LogP contribution in [-0.2, 0) is 11.2 Å². The fraction of sp³-hybridized carbons (Fsp3) is 0.250. The summed E-state index contributed by atoms with van der Waals surface area (Å²) in [5.41, 5.74) is 4.39. The van der Waals surface area contributed by atoms with Gasteiger partial charge in [-0.3, -0.25) is 4.79 Å². The Morgan fingerprint density at radius 2 is 2.13 bits per heavy atom. The summed E-state index contributed by atoms with van der Waals surface area (Å²) < 4.78 is 6.86. The first-order valence-corrected chi connectivity index (χ1v) is 10.5. The predicted octanol–water partition coefficient (Wildman–Crippen LogP) is 4.10. The molecular formula is C20H19ClN6O2S. The summed E-state index contributed by atoms with van der Waals surface area (Å²) >= 11 is 7.56. The van der Waals surface area contributed by atoms with Gasteiger partial charge in [0.05, 0.1) is 17.8 Å². The van der Waals surface area contributed by atoms with Crippen LogP contribution in [0.5, 0.6) is 5.75 Å². The zero-order valence-corrected chi connectivity index (χ0v) is 18.2. The van der Waals surface area contributed by atoms with Crippen molar-refractivity contribution in [3.8, 4) is 17.0 Å². The lowest BCUT2D eigenvalue weighted by atomic mass is 10.1. The van der Waals surface area contributed by atoms with Crippen LogP contribution in [-0.4, -0.2) is 37.6 Å². The minimum atomic E-state index is -0.110. The van der Waals surface area contributed by atoms with Gasteiger partial charge in [0.1, 0.15) is 12.1 Å². The first-order valence-electron chi connectivity index (χ1n) is 9.21. The SMILES string of the molecule is COc1ccc(-c2csc(NC(=O)CCc3c(C)nc4ncnn4c3C)n2)cc1Cl. The van der Waals surface area contributed by atoms with E-state index in [4.69, 9.17) is 16.3 Å². The number of fused-ring (bicyclic) bond motifs is 1. The molecule has 4 aromatic rings. The normalized spacial score (nSPS) is 11.1. The van der Waals surface area contributed by atoms with E-state index in [9.17, 15) is 4.79 Å². The van der Waals surface area contributed by atoms with Gasteiger partial charge in [0.25, 0.3) is 5.78 Å². The number of hydrogen-bond acceptors (Lipinski definition) is 7. The summed E-state index contributed by atoms with van der Waals surface area (Å²) in [5.74, 6) is 1.06. The maximum Gasteiger partial charge on any atom is 0.252 e.